The Morgan fingerprint density at radius 1 is 1.24 bits per heavy atom. The first kappa shape index (κ1) is 15.1. The molecule has 102 valence electrons. The van der Waals surface area contributed by atoms with Gasteiger partial charge in [-0.05, 0) is 32.9 Å². The molecule has 1 N–H and O–H groups in total. The van der Waals surface area contributed by atoms with Gasteiger partial charge in [-0.15, -0.1) is 0 Å². The van der Waals surface area contributed by atoms with Crippen LogP contribution >= 0.6 is 0 Å². The van der Waals surface area contributed by atoms with E-state index >= 15 is 0 Å². The summed E-state index contributed by atoms with van der Waals surface area (Å²) in [5.74, 6) is 0. The van der Waals surface area contributed by atoms with Gasteiger partial charge in [0.25, 0.3) is 0 Å². The Labute approximate surface area is 106 Å². The van der Waals surface area contributed by atoms with E-state index in [9.17, 15) is 0 Å². The number of ether oxygens (including phenoxy) is 1. The van der Waals surface area contributed by atoms with E-state index in [1.165, 1.54) is 12.8 Å². The number of hydrogen-bond acceptors (Lipinski definition) is 4. The molecule has 0 amide bonds. The van der Waals surface area contributed by atoms with Crippen LogP contribution in [0.4, 0.5) is 0 Å². The van der Waals surface area contributed by atoms with E-state index in [-0.39, 0.29) is 5.22 Å². The van der Waals surface area contributed by atoms with Crippen molar-refractivity contribution < 1.29 is 13.6 Å². The standard InChI is InChI=1S/C12H27NO3Si/c1-11(13-2)10-12(14-3)8-6-7-9-17(12,15-4)16-5/h11,13H,6-10H2,1-5H3. The van der Waals surface area contributed by atoms with Gasteiger partial charge >= 0.3 is 8.56 Å². The van der Waals surface area contributed by atoms with Crippen LogP contribution in [-0.2, 0) is 13.6 Å². The van der Waals surface area contributed by atoms with E-state index in [1.54, 1.807) is 21.3 Å². The zero-order chi connectivity index (χ0) is 12.9. The smallest absolute Gasteiger partial charge is 0.370 e. The summed E-state index contributed by atoms with van der Waals surface area (Å²) in [4.78, 5) is 0. The highest BCUT2D eigenvalue weighted by atomic mass is 28.4. The van der Waals surface area contributed by atoms with Gasteiger partial charge in [0.1, 0.15) is 5.22 Å². The molecule has 1 rings (SSSR count). The second-order valence-corrected chi connectivity index (χ2v) is 8.69. The van der Waals surface area contributed by atoms with Crippen LogP contribution in [0, 0.1) is 0 Å². The molecule has 2 unspecified atom stereocenters. The Kier molecular flexibility index (Phi) is 5.59. The Morgan fingerprint density at radius 2 is 1.88 bits per heavy atom. The van der Waals surface area contributed by atoms with Crippen LogP contribution in [0.5, 0.6) is 0 Å². The van der Waals surface area contributed by atoms with Crippen LogP contribution in [0.15, 0.2) is 0 Å². The van der Waals surface area contributed by atoms with Crippen molar-refractivity contribution in [3.05, 3.63) is 0 Å². The minimum atomic E-state index is -2.25. The van der Waals surface area contributed by atoms with Crippen LogP contribution in [-0.4, -0.2) is 48.2 Å². The molecule has 2 atom stereocenters. The van der Waals surface area contributed by atoms with Crippen molar-refractivity contribution in [1.29, 1.82) is 0 Å². The van der Waals surface area contributed by atoms with Gasteiger partial charge in [0.05, 0.1) is 0 Å². The maximum absolute atomic E-state index is 5.92. The molecule has 4 nitrogen and oxygen atoms in total. The number of nitrogens with one attached hydrogen (secondary N) is 1. The molecule has 0 aromatic carbocycles. The van der Waals surface area contributed by atoms with E-state index in [4.69, 9.17) is 13.6 Å². The summed E-state index contributed by atoms with van der Waals surface area (Å²) in [5, 5.41) is 3.08. The Morgan fingerprint density at radius 3 is 2.35 bits per heavy atom. The molecule has 1 fully saturated rings. The molecule has 0 aromatic heterocycles. The van der Waals surface area contributed by atoms with Gasteiger partial charge in [0.15, 0.2) is 0 Å². The van der Waals surface area contributed by atoms with E-state index < -0.39 is 8.56 Å². The fourth-order valence-electron chi connectivity index (χ4n) is 3.04. The molecule has 0 aromatic rings. The fourth-order valence-corrected chi connectivity index (χ4v) is 7.02. The first-order valence-electron chi connectivity index (χ1n) is 6.42. The van der Waals surface area contributed by atoms with Gasteiger partial charge in [0.2, 0.25) is 0 Å². The quantitative estimate of drug-likeness (QED) is 0.741. The van der Waals surface area contributed by atoms with Gasteiger partial charge in [-0.2, -0.15) is 0 Å². The van der Waals surface area contributed by atoms with Crippen LogP contribution in [0.2, 0.25) is 6.04 Å². The maximum atomic E-state index is 5.92. The highest BCUT2D eigenvalue weighted by Crippen LogP contribution is 2.42. The normalized spacial score (nSPS) is 30.2. The van der Waals surface area contributed by atoms with Crippen molar-refractivity contribution in [2.24, 2.45) is 0 Å². The lowest BCUT2D eigenvalue weighted by Crippen LogP contribution is -2.66. The van der Waals surface area contributed by atoms with Crippen molar-refractivity contribution in [2.75, 3.05) is 28.4 Å². The lowest BCUT2D eigenvalue weighted by molar-refractivity contribution is -0.0193. The second kappa shape index (κ2) is 6.29. The summed E-state index contributed by atoms with van der Waals surface area (Å²) in [5.41, 5.74) is 0. The molecule has 1 saturated heterocycles. The molecule has 5 heteroatoms. The van der Waals surface area contributed by atoms with Gasteiger partial charge < -0.3 is 18.9 Å². The highest BCUT2D eigenvalue weighted by Gasteiger charge is 2.59. The Hall–Kier alpha value is 0.0569. The van der Waals surface area contributed by atoms with Gasteiger partial charge in [0, 0.05) is 27.4 Å². The maximum Gasteiger partial charge on any atom is 0.370 e. The molecule has 0 spiro atoms. The summed E-state index contributed by atoms with van der Waals surface area (Å²) < 4.78 is 17.6. The molecular formula is C12H27NO3Si. The first-order chi connectivity index (χ1) is 8.09. The minimum absolute atomic E-state index is 0.211. The van der Waals surface area contributed by atoms with Crippen molar-refractivity contribution in [3.8, 4) is 0 Å². The van der Waals surface area contributed by atoms with Gasteiger partial charge in [-0.3, -0.25) is 0 Å². The predicted molar refractivity (Wildman–Crippen MR) is 71.3 cm³/mol. The molecular weight excluding hydrogens is 234 g/mol. The first-order valence-corrected chi connectivity index (χ1v) is 8.45. The van der Waals surface area contributed by atoms with Crippen molar-refractivity contribution in [2.45, 2.75) is 49.9 Å². The highest BCUT2D eigenvalue weighted by molar-refractivity contribution is 6.70. The van der Waals surface area contributed by atoms with E-state index in [2.05, 4.69) is 12.2 Å². The Balaban J connectivity index is 2.97. The van der Waals surface area contributed by atoms with Crippen molar-refractivity contribution in [3.63, 3.8) is 0 Å². The monoisotopic (exact) mass is 261 g/mol. The summed E-state index contributed by atoms with van der Waals surface area (Å²) in [7, 11) is 5.09. The second-order valence-electron chi connectivity index (χ2n) is 4.96. The molecule has 1 aliphatic rings. The van der Waals surface area contributed by atoms with Crippen LogP contribution in [0.3, 0.4) is 0 Å². The molecule has 0 radical (unpaired) electrons. The molecule has 0 aliphatic carbocycles. The van der Waals surface area contributed by atoms with Crippen molar-refractivity contribution >= 4 is 8.56 Å². The van der Waals surface area contributed by atoms with E-state index in [1.807, 2.05) is 7.05 Å². The number of methoxy groups -OCH3 is 1. The zero-order valence-electron chi connectivity index (χ0n) is 11.8. The Bertz CT molecular complexity index is 236. The summed E-state index contributed by atoms with van der Waals surface area (Å²) in [6.07, 6.45) is 4.38. The van der Waals surface area contributed by atoms with Crippen LogP contribution in [0.25, 0.3) is 0 Å². The van der Waals surface area contributed by atoms with Gasteiger partial charge in [-0.1, -0.05) is 12.8 Å². The number of hydrogen-bond donors (Lipinski definition) is 1. The van der Waals surface area contributed by atoms with Crippen LogP contribution in [0.1, 0.15) is 32.6 Å². The fraction of sp³-hybridized carbons (Fsp3) is 1.00. The summed E-state index contributed by atoms with van der Waals surface area (Å²) in [6.45, 7) is 2.18. The third kappa shape index (κ3) is 2.74. The third-order valence-electron chi connectivity index (χ3n) is 4.21. The van der Waals surface area contributed by atoms with E-state index in [0.29, 0.717) is 6.04 Å². The molecule has 1 aliphatic heterocycles. The molecule has 0 bridgehead atoms. The lowest BCUT2D eigenvalue weighted by Gasteiger charge is -2.48. The molecule has 17 heavy (non-hydrogen) atoms. The van der Waals surface area contributed by atoms with Gasteiger partial charge in [-0.25, -0.2) is 0 Å². The summed E-state index contributed by atoms with van der Waals surface area (Å²) >= 11 is 0. The minimum Gasteiger partial charge on any atom is -0.396 e. The van der Waals surface area contributed by atoms with Crippen molar-refractivity contribution in [1.82, 2.24) is 5.32 Å². The largest absolute Gasteiger partial charge is 0.396 e. The summed E-state index contributed by atoms with van der Waals surface area (Å²) in [6, 6.07) is 1.44. The zero-order valence-corrected chi connectivity index (χ0v) is 12.8. The average molecular weight is 261 g/mol. The van der Waals surface area contributed by atoms with Crippen LogP contribution < -0.4 is 5.32 Å². The molecule has 0 saturated carbocycles. The average Bonchev–Trinajstić information content (AvgIpc) is 2.39. The topological polar surface area (TPSA) is 39.7 Å². The third-order valence-corrected chi connectivity index (χ3v) is 8.59. The SMILES string of the molecule is CNC(C)CC1(OC)CCCC[Si]1(OC)OC. The molecule has 1 heterocycles. The number of rotatable bonds is 6. The predicted octanol–water partition coefficient (Wildman–Crippen LogP) is 1.83. The lowest BCUT2D eigenvalue weighted by atomic mass is 10.0. The van der Waals surface area contributed by atoms with E-state index in [0.717, 1.165) is 18.9 Å².